The third-order valence-corrected chi connectivity index (χ3v) is 4.72. The SMILES string of the molecule is CC(C)(C)OC(=O)NCCO.Cc1ccc2c(=O)[nH]oc2n1.Cc1ccc2c(OCCNC(=O)OC(C)(C)C)noc2n1. The molecule has 15 heteroatoms. The number of hydrogen-bond donors (Lipinski definition) is 4. The van der Waals surface area contributed by atoms with E-state index in [1.807, 2.05) is 26.0 Å². The second-order valence-electron chi connectivity index (χ2n) is 11.1. The summed E-state index contributed by atoms with van der Waals surface area (Å²) >= 11 is 0. The minimum Gasteiger partial charge on any atom is -0.473 e. The number of aromatic amines is 1. The molecule has 4 heterocycles. The van der Waals surface area contributed by atoms with Gasteiger partial charge in [-0.05, 0) is 84.8 Å². The van der Waals surface area contributed by atoms with Crippen molar-refractivity contribution in [3.8, 4) is 5.88 Å². The van der Waals surface area contributed by atoms with E-state index in [2.05, 4.69) is 30.9 Å². The third kappa shape index (κ3) is 12.8. The predicted octanol–water partition coefficient (Wildman–Crippen LogP) is 3.76. The lowest BCUT2D eigenvalue weighted by atomic mass is 10.2. The van der Waals surface area contributed by atoms with Gasteiger partial charge in [-0.1, -0.05) is 0 Å². The molecule has 0 aliphatic rings. The largest absolute Gasteiger partial charge is 0.473 e. The Labute approximate surface area is 248 Å². The number of aromatic nitrogens is 4. The molecule has 0 aliphatic carbocycles. The fourth-order valence-corrected chi connectivity index (χ4v) is 3.02. The first-order valence-corrected chi connectivity index (χ1v) is 13.4. The maximum absolute atomic E-state index is 11.4. The van der Waals surface area contributed by atoms with Crippen molar-refractivity contribution in [2.75, 3.05) is 26.3 Å². The van der Waals surface area contributed by atoms with Crippen molar-refractivity contribution < 1.29 is 38.0 Å². The van der Waals surface area contributed by atoms with Crippen molar-refractivity contribution in [3.63, 3.8) is 0 Å². The molecule has 0 fully saturated rings. The Balaban J connectivity index is 0.000000247. The van der Waals surface area contributed by atoms with E-state index in [0.29, 0.717) is 34.6 Å². The van der Waals surface area contributed by atoms with Gasteiger partial charge in [0.05, 0.1) is 13.2 Å². The van der Waals surface area contributed by atoms with Crippen LogP contribution in [0.5, 0.6) is 5.88 Å². The Morgan fingerprint density at radius 3 is 1.95 bits per heavy atom. The number of nitrogens with zero attached hydrogens (tertiary/aromatic N) is 3. The highest BCUT2D eigenvalue weighted by Crippen LogP contribution is 2.23. The minimum absolute atomic E-state index is 0.0702. The minimum atomic E-state index is -0.517. The van der Waals surface area contributed by atoms with Crippen LogP contribution in [0.4, 0.5) is 9.59 Å². The standard InChI is InChI=1S/C14H19N3O4.C7H6N2O2.C7H15NO3/c1-9-5-6-10-11(16-9)21-17-12(10)19-8-7-15-13(18)20-14(2,3)4;1-4-2-3-5-6(10)9-11-7(5)8-4;1-7(2,3)11-6(10)8-4-5-9/h5-6H,7-8H2,1-4H3,(H,15,18);2-3H,1H3,(H,9,10);9H,4-5H2,1-3H3,(H,8,10). The number of hydrogen-bond acceptors (Lipinski definition) is 12. The van der Waals surface area contributed by atoms with E-state index < -0.39 is 23.4 Å². The van der Waals surface area contributed by atoms with Gasteiger partial charge in [-0.15, -0.1) is 0 Å². The summed E-state index contributed by atoms with van der Waals surface area (Å²) in [6, 6.07) is 7.16. The molecule has 4 N–H and O–H groups in total. The van der Waals surface area contributed by atoms with E-state index in [4.69, 9.17) is 28.4 Å². The van der Waals surface area contributed by atoms with Crippen LogP contribution in [0, 0.1) is 13.8 Å². The first-order valence-electron chi connectivity index (χ1n) is 13.4. The summed E-state index contributed by atoms with van der Waals surface area (Å²) in [6.45, 7) is 15.2. The lowest BCUT2D eigenvalue weighted by molar-refractivity contribution is 0.0508. The van der Waals surface area contributed by atoms with Crippen LogP contribution in [0.2, 0.25) is 0 Å². The summed E-state index contributed by atoms with van der Waals surface area (Å²) in [5, 5.41) is 20.5. The molecule has 0 aliphatic heterocycles. The van der Waals surface area contributed by atoms with Crippen molar-refractivity contribution in [1.82, 2.24) is 30.9 Å². The molecule has 0 saturated carbocycles. The van der Waals surface area contributed by atoms with E-state index in [9.17, 15) is 14.4 Å². The van der Waals surface area contributed by atoms with Gasteiger partial charge in [-0.2, -0.15) is 5.16 Å². The molecule has 0 atom stereocenters. The number of alkyl carbamates (subject to hydrolysis) is 2. The Morgan fingerprint density at radius 2 is 1.40 bits per heavy atom. The molecule has 236 valence electrons. The van der Waals surface area contributed by atoms with E-state index in [1.54, 1.807) is 53.7 Å². The van der Waals surface area contributed by atoms with Crippen molar-refractivity contribution in [2.45, 2.75) is 66.6 Å². The zero-order chi connectivity index (χ0) is 32.2. The van der Waals surface area contributed by atoms with Crippen LogP contribution in [0.3, 0.4) is 0 Å². The summed E-state index contributed by atoms with van der Waals surface area (Å²) in [5.41, 5.74) is 1.26. The summed E-state index contributed by atoms with van der Waals surface area (Å²) in [6.07, 6.45) is -0.972. The Kier molecular flexibility index (Phi) is 12.5. The molecule has 0 aromatic carbocycles. The average Bonchev–Trinajstić information content (AvgIpc) is 3.46. The van der Waals surface area contributed by atoms with Crippen LogP contribution in [0.1, 0.15) is 52.9 Å². The summed E-state index contributed by atoms with van der Waals surface area (Å²) in [4.78, 5) is 41.3. The van der Waals surface area contributed by atoms with Gasteiger partial charge in [0.2, 0.25) is 0 Å². The molecule has 0 spiro atoms. The van der Waals surface area contributed by atoms with Gasteiger partial charge in [0.15, 0.2) is 0 Å². The number of carbonyl (C=O) groups excluding carboxylic acids is 2. The molecule has 4 rings (SSSR count). The fourth-order valence-electron chi connectivity index (χ4n) is 3.02. The number of H-pyrrole nitrogens is 1. The van der Waals surface area contributed by atoms with Crippen LogP contribution in [0.25, 0.3) is 22.2 Å². The first-order chi connectivity index (χ1) is 20.1. The van der Waals surface area contributed by atoms with Gasteiger partial charge in [0, 0.05) is 17.9 Å². The molecule has 4 aromatic heterocycles. The molecule has 0 radical (unpaired) electrons. The maximum atomic E-state index is 11.4. The highest BCUT2D eigenvalue weighted by molar-refractivity contribution is 5.78. The summed E-state index contributed by atoms with van der Waals surface area (Å²) in [5.74, 6) is 0.364. The lowest BCUT2D eigenvalue weighted by Gasteiger charge is -2.19. The number of aryl methyl sites for hydroxylation is 2. The molecule has 15 nitrogen and oxygen atoms in total. The zero-order valence-electron chi connectivity index (χ0n) is 25.7. The van der Waals surface area contributed by atoms with E-state index >= 15 is 0 Å². The van der Waals surface area contributed by atoms with Crippen molar-refractivity contribution >= 4 is 34.4 Å². The van der Waals surface area contributed by atoms with E-state index in [0.717, 1.165) is 11.4 Å². The number of carbonyl (C=O) groups is 2. The monoisotopic (exact) mass is 604 g/mol. The topological polar surface area (TPSA) is 204 Å². The highest BCUT2D eigenvalue weighted by atomic mass is 16.6. The van der Waals surface area contributed by atoms with Gasteiger partial charge < -0.3 is 39.0 Å². The number of rotatable bonds is 6. The third-order valence-electron chi connectivity index (χ3n) is 4.72. The van der Waals surface area contributed by atoms with Gasteiger partial charge in [0.1, 0.15) is 28.6 Å². The van der Waals surface area contributed by atoms with Crippen LogP contribution >= 0.6 is 0 Å². The number of nitrogens with one attached hydrogen (secondary N) is 3. The Bertz CT molecular complexity index is 1530. The Hall–Kier alpha value is -4.66. The molecule has 43 heavy (non-hydrogen) atoms. The smallest absolute Gasteiger partial charge is 0.407 e. The molecule has 0 bridgehead atoms. The van der Waals surface area contributed by atoms with Crippen LogP contribution < -0.4 is 20.9 Å². The number of aliphatic hydroxyl groups excluding tert-OH is 1. The summed E-state index contributed by atoms with van der Waals surface area (Å²) < 4.78 is 25.3. The lowest BCUT2D eigenvalue weighted by Crippen LogP contribution is -2.34. The quantitative estimate of drug-likeness (QED) is 0.232. The number of ether oxygens (including phenoxy) is 3. The Morgan fingerprint density at radius 1 is 0.860 bits per heavy atom. The van der Waals surface area contributed by atoms with Crippen LogP contribution in [-0.2, 0) is 9.47 Å². The van der Waals surface area contributed by atoms with Crippen molar-refractivity contribution in [2.24, 2.45) is 0 Å². The normalized spacial score (nSPS) is 11.1. The molecule has 0 saturated heterocycles. The van der Waals surface area contributed by atoms with Gasteiger partial charge in [0.25, 0.3) is 22.9 Å². The van der Waals surface area contributed by atoms with Crippen LogP contribution in [-0.4, -0.2) is 75.1 Å². The number of pyridine rings is 2. The number of fused-ring (bicyclic) bond motifs is 2. The highest BCUT2D eigenvalue weighted by Gasteiger charge is 2.16. The molecular formula is C28H40N6O9. The van der Waals surface area contributed by atoms with Gasteiger partial charge >= 0.3 is 12.2 Å². The molecular weight excluding hydrogens is 564 g/mol. The average molecular weight is 605 g/mol. The molecule has 2 amide bonds. The van der Waals surface area contributed by atoms with E-state index in [1.165, 1.54) is 0 Å². The fraction of sp³-hybridized carbons (Fsp3) is 0.500. The van der Waals surface area contributed by atoms with Crippen molar-refractivity contribution in [3.05, 3.63) is 46.0 Å². The van der Waals surface area contributed by atoms with E-state index in [-0.39, 0.29) is 25.3 Å². The second kappa shape index (κ2) is 15.5. The first kappa shape index (κ1) is 34.5. The summed E-state index contributed by atoms with van der Waals surface area (Å²) in [7, 11) is 0. The second-order valence-corrected chi connectivity index (χ2v) is 11.1. The zero-order valence-corrected chi connectivity index (χ0v) is 25.7. The molecule has 0 unspecified atom stereocenters. The number of amides is 2. The predicted molar refractivity (Wildman–Crippen MR) is 157 cm³/mol. The van der Waals surface area contributed by atoms with Crippen molar-refractivity contribution in [1.29, 1.82) is 0 Å². The maximum Gasteiger partial charge on any atom is 0.407 e. The van der Waals surface area contributed by atoms with Gasteiger partial charge in [-0.3, -0.25) is 4.79 Å². The van der Waals surface area contributed by atoms with Crippen LogP contribution in [0.15, 0.2) is 38.1 Å². The molecule has 4 aromatic rings. The number of aliphatic hydroxyl groups is 1. The van der Waals surface area contributed by atoms with Gasteiger partial charge in [-0.25, -0.2) is 19.6 Å².